The van der Waals surface area contributed by atoms with Gasteiger partial charge >= 0.3 is 0 Å². The second-order valence-corrected chi connectivity index (χ2v) is 7.28. The Balaban J connectivity index is 1.99. The van der Waals surface area contributed by atoms with Crippen LogP contribution in [-0.2, 0) is 14.8 Å². The summed E-state index contributed by atoms with van der Waals surface area (Å²) in [7, 11) is -3.18. The summed E-state index contributed by atoms with van der Waals surface area (Å²) in [5, 5.41) is 0. The fourth-order valence-electron chi connectivity index (χ4n) is 2.34. The normalized spacial score (nSPS) is 21.2. The minimum Gasteiger partial charge on any atom is -0.464 e. The fourth-order valence-corrected chi connectivity index (χ4v) is 3.88. The topological polar surface area (TPSA) is 59.8 Å². The summed E-state index contributed by atoms with van der Waals surface area (Å²) in [5.74, 6) is 1.74. The van der Waals surface area contributed by atoms with Gasteiger partial charge in [0.1, 0.15) is 17.6 Å². The maximum atomic E-state index is 12.3. The third-order valence-electron chi connectivity index (χ3n) is 3.51. The highest BCUT2D eigenvalue weighted by molar-refractivity contribution is 7.89. The Morgan fingerprint density at radius 3 is 2.80 bits per heavy atom. The lowest BCUT2D eigenvalue weighted by Gasteiger charge is -2.31. The molecule has 1 aromatic rings. The summed E-state index contributed by atoms with van der Waals surface area (Å²) in [6.45, 7) is 5.13. The molecule has 1 atom stereocenters. The van der Waals surface area contributed by atoms with Crippen LogP contribution in [0.4, 0.5) is 0 Å². The number of nitrogens with zero attached hydrogens (tertiary/aromatic N) is 1. The zero-order chi connectivity index (χ0) is 14.6. The number of morpholine rings is 1. The van der Waals surface area contributed by atoms with Gasteiger partial charge in [-0.3, -0.25) is 0 Å². The number of hydrogen-bond donors (Lipinski definition) is 0. The van der Waals surface area contributed by atoms with Crippen molar-refractivity contribution in [3.05, 3.63) is 23.7 Å². The molecule has 0 aromatic carbocycles. The van der Waals surface area contributed by atoms with Gasteiger partial charge < -0.3 is 9.15 Å². The van der Waals surface area contributed by atoms with Crippen molar-refractivity contribution in [1.29, 1.82) is 0 Å². The Bertz CT molecular complexity index is 523. The van der Waals surface area contributed by atoms with E-state index in [0.29, 0.717) is 25.5 Å². The van der Waals surface area contributed by atoms with Gasteiger partial charge in [0.2, 0.25) is 10.0 Å². The third kappa shape index (κ3) is 3.84. The Hall–Kier alpha value is -0.850. The van der Waals surface area contributed by atoms with Gasteiger partial charge in [0.15, 0.2) is 0 Å². The molecular formula is C14H23NO4S. The summed E-state index contributed by atoms with van der Waals surface area (Å²) in [6.07, 6.45) is 2.40. The van der Waals surface area contributed by atoms with Crippen molar-refractivity contribution >= 4 is 10.0 Å². The van der Waals surface area contributed by atoms with Gasteiger partial charge in [-0.2, -0.15) is 4.31 Å². The third-order valence-corrected chi connectivity index (χ3v) is 5.43. The lowest BCUT2D eigenvalue weighted by Crippen LogP contribution is -2.43. The number of unbranched alkanes of at least 4 members (excludes halogenated alkanes) is 2. The van der Waals surface area contributed by atoms with E-state index >= 15 is 0 Å². The fraction of sp³-hybridized carbons (Fsp3) is 0.714. The number of rotatable bonds is 6. The standard InChI is InChI=1S/C14H23NO4S/c1-3-4-5-10-20(16,17)15-8-9-18-14(11-15)13-7-6-12(2)19-13/h6-7,14H,3-5,8-11H2,1-2H3/t14-/m0/s1. The lowest BCUT2D eigenvalue weighted by molar-refractivity contribution is -0.0146. The van der Waals surface area contributed by atoms with Crippen LogP contribution < -0.4 is 0 Å². The summed E-state index contributed by atoms with van der Waals surface area (Å²) in [4.78, 5) is 0. The van der Waals surface area contributed by atoms with E-state index in [-0.39, 0.29) is 11.9 Å². The van der Waals surface area contributed by atoms with E-state index in [9.17, 15) is 8.42 Å². The van der Waals surface area contributed by atoms with Gasteiger partial charge in [-0.1, -0.05) is 19.8 Å². The van der Waals surface area contributed by atoms with Crippen LogP contribution in [0.5, 0.6) is 0 Å². The first-order chi connectivity index (χ1) is 9.53. The van der Waals surface area contributed by atoms with Crippen LogP contribution >= 0.6 is 0 Å². The van der Waals surface area contributed by atoms with Crippen molar-refractivity contribution in [1.82, 2.24) is 4.31 Å². The molecule has 1 aliphatic heterocycles. The maximum absolute atomic E-state index is 12.3. The molecule has 1 saturated heterocycles. The Morgan fingerprint density at radius 2 is 2.15 bits per heavy atom. The van der Waals surface area contributed by atoms with Crippen LogP contribution in [-0.4, -0.2) is 38.2 Å². The molecule has 0 aliphatic carbocycles. The van der Waals surface area contributed by atoms with Crippen molar-refractivity contribution in [2.75, 3.05) is 25.4 Å². The number of sulfonamides is 1. The van der Waals surface area contributed by atoms with Crippen LogP contribution in [0.3, 0.4) is 0 Å². The highest BCUT2D eigenvalue weighted by Crippen LogP contribution is 2.25. The molecule has 0 bridgehead atoms. The number of ether oxygens (including phenoxy) is 1. The molecule has 0 N–H and O–H groups in total. The second-order valence-electron chi connectivity index (χ2n) is 5.19. The Labute approximate surface area is 121 Å². The zero-order valence-electron chi connectivity index (χ0n) is 12.2. The average Bonchev–Trinajstić information content (AvgIpc) is 2.86. The molecule has 6 heteroatoms. The molecule has 2 rings (SSSR count). The molecule has 0 saturated carbocycles. The highest BCUT2D eigenvalue weighted by atomic mass is 32.2. The van der Waals surface area contributed by atoms with Crippen molar-refractivity contribution in [3.8, 4) is 0 Å². The van der Waals surface area contributed by atoms with Gasteiger partial charge in [-0.25, -0.2) is 8.42 Å². The average molecular weight is 301 g/mol. The van der Waals surface area contributed by atoms with Gasteiger partial charge in [-0.15, -0.1) is 0 Å². The summed E-state index contributed by atoms with van der Waals surface area (Å²) in [5.41, 5.74) is 0. The van der Waals surface area contributed by atoms with Crippen LogP contribution in [0, 0.1) is 6.92 Å². The molecule has 0 radical (unpaired) electrons. The minimum atomic E-state index is -3.18. The Kier molecular flexibility index (Phi) is 5.23. The number of aryl methyl sites for hydroxylation is 1. The minimum absolute atomic E-state index is 0.227. The van der Waals surface area contributed by atoms with Crippen LogP contribution in [0.15, 0.2) is 16.5 Å². The van der Waals surface area contributed by atoms with Gasteiger partial charge in [0.25, 0.3) is 0 Å². The highest BCUT2D eigenvalue weighted by Gasteiger charge is 2.31. The first-order valence-electron chi connectivity index (χ1n) is 7.18. The quantitative estimate of drug-likeness (QED) is 0.757. The molecule has 1 aliphatic rings. The summed E-state index contributed by atoms with van der Waals surface area (Å²) < 4.78 is 37.3. The molecule has 0 spiro atoms. The van der Waals surface area contributed by atoms with Crippen LogP contribution in [0.25, 0.3) is 0 Å². The van der Waals surface area contributed by atoms with E-state index in [4.69, 9.17) is 9.15 Å². The molecule has 0 amide bonds. The van der Waals surface area contributed by atoms with E-state index in [1.165, 1.54) is 4.31 Å². The van der Waals surface area contributed by atoms with E-state index in [1.807, 2.05) is 19.1 Å². The predicted molar refractivity (Wildman–Crippen MR) is 77.0 cm³/mol. The zero-order valence-corrected chi connectivity index (χ0v) is 13.0. The summed E-state index contributed by atoms with van der Waals surface area (Å²) in [6, 6.07) is 3.72. The molecule has 5 nitrogen and oxygen atoms in total. The monoisotopic (exact) mass is 301 g/mol. The Morgan fingerprint density at radius 1 is 1.35 bits per heavy atom. The molecular weight excluding hydrogens is 278 g/mol. The number of furan rings is 1. The van der Waals surface area contributed by atoms with Gasteiger partial charge in [-0.05, 0) is 25.5 Å². The van der Waals surface area contributed by atoms with E-state index < -0.39 is 10.0 Å². The smallest absolute Gasteiger partial charge is 0.214 e. The molecule has 1 fully saturated rings. The summed E-state index contributed by atoms with van der Waals surface area (Å²) >= 11 is 0. The first-order valence-corrected chi connectivity index (χ1v) is 8.79. The van der Waals surface area contributed by atoms with Crippen molar-refractivity contribution in [3.63, 3.8) is 0 Å². The van der Waals surface area contributed by atoms with Crippen molar-refractivity contribution in [2.45, 2.75) is 39.2 Å². The number of hydrogen-bond acceptors (Lipinski definition) is 4. The first kappa shape index (κ1) is 15.5. The van der Waals surface area contributed by atoms with Gasteiger partial charge in [0, 0.05) is 13.1 Å². The predicted octanol–water partition coefficient (Wildman–Crippen LogP) is 2.48. The maximum Gasteiger partial charge on any atom is 0.214 e. The van der Waals surface area contributed by atoms with Crippen molar-refractivity contribution < 1.29 is 17.6 Å². The molecule has 114 valence electrons. The second kappa shape index (κ2) is 6.74. The molecule has 20 heavy (non-hydrogen) atoms. The molecule has 1 aromatic heterocycles. The van der Waals surface area contributed by atoms with Crippen LogP contribution in [0.2, 0.25) is 0 Å². The van der Waals surface area contributed by atoms with E-state index in [2.05, 4.69) is 6.92 Å². The van der Waals surface area contributed by atoms with Gasteiger partial charge in [0.05, 0.1) is 12.4 Å². The molecule has 2 heterocycles. The lowest BCUT2D eigenvalue weighted by atomic mass is 10.2. The SMILES string of the molecule is CCCCCS(=O)(=O)N1CCO[C@H](c2ccc(C)o2)C1. The van der Waals surface area contributed by atoms with E-state index in [0.717, 1.165) is 25.0 Å². The largest absolute Gasteiger partial charge is 0.464 e. The van der Waals surface area contributed by atoms with E-state index in [1.54, 1.807) is 0 Å². The van der Waals surface area contributed by atoms with Crippen molar-refractivity contribution in [2.24, 2.45) is 0 Å². The molecule has 0 unspecified atom stereocenters. The van der Waals surface area contributed by atoms with Crippen LogP contribution in [0.1, 0.15) is 43.8 Å².